The predicted octanol–water partition coefficient (Wildman–Crippen LogP) is 4.19. The summed E-state index contributed by atoms with van der Waals surface area (Å²) in [6.07, 6.45) is 6.93. The molecule has 0 aliphatic heterocycles. The van der Waals surface area contributed by atoms with Gasteiger partial charge in [-0.05, 0) is 30.6 Å². The van der Waals surface area contributed by atoms with Crippen molar-refractivity contribution in [2.75, 3.05) is 0 Å². The van der Waals surface area contributed by atoms with E-state index in [0.29, 0.717) is 17.8 Å². The highest BCUT2D eigenvalue weighted by Gasteiger charge is 2.49. The van der Waals surface area contributed by atoms with Crippen LogP contribution in [0.2, 0.25) is 6.32 Å². The molecule has 2 fully saturated rings. The summed E-state index contributed by atoms with van der Waals surface area (Å²) in [5.74, 6) is 0.389. The van der Waals surface area contributed by atoms with Gasteiger partial charge in [-0.1, -0.05) is 32.0 Å². The summed E-state index contributed by atoms with van der Waals surface area (Å²) in [6, 6.07) is 0. The van der Waals surface area contributed by atoms with Crippen LogP contribution in [0.3, 0.4) is 0 Å². The van der Waals surface area contributed by atoms with E-state index in [1.165, 1.54) is 25.7 Å². The van der Waals surface area contributed by atoms with E-state index in [9.17, 15) is 12.9 Å². The number of halogens is 3. The average molecular weight is 205 g/mol. The summed E-state index contributed by atoms with van der Waals surface area (Å²) >= 11 is 0. The zero-order chi connectivity index (χ0) is 10.2. The van der Waals surface area contributed by atoms with E-state index in [4.69, 9.17) is 0 Å². The number of hydrogen-bond donors (Lipinski definition) is 0. The minimum atomic E-state index is -4.55. The highest BCUT2D eigenvalue weighted by molar-refractivity contribution is 6.58. The highest BCUT2D eigenvalue weighted by Crippen LogP contribution is 2.61. The highest BCUT2D eigenvalue weighted by atomic mass is 19.4. The van der Waals surface area contributed by atoms with Gasteiger partial charge in [-0.3, -0.25) is 0 Å². The fourth-order valence-corrected chi connectivity index (χ4v) is 3.04. The molecule has 1 unspecified atom stereocenters. The van der Waals surface area contributed by atoms with Crippen molar-refractivity contribution in [3.8, 4) is 0 Å². The first kappa shape index (κ1) is 10.4. The molecule has 2 aliphatic rings. The van der Waals surface area contributed by atoms with Crippen LogP contribution in [0, 0.1) is 11.3 Å². The molecule has 1 spiro atoms. The second-order valence-corrected chi connectivity index (χ2v) is 5.09. The molecule has 0 nitrogen and oxygen atoms in total. The second-order valence-electron chi connectivity index (χ2n) is 5.09. The lowest BCUT2D eigenvalue weighted by atomic mass is 9.70. The van der Waals surface area contributed by atoms with Crippen molar-refractivity contribution in [2.45, 2.75) is 51.3 Å². The number of hydrogen-bond acceptors (Lipinski definition) is 0. The van der Waals surface area contributed by atoms with Crippen LogP contribution in [0.4, 0.5) is 12.9 Å². The van der Waals surface area contributed by atoms with Gasteiger partial charge in [0, 0.05) is 0 Å². The maximum atomic E-state index is 12.1. The van der Waals surface area contributed by atoms with Crippen molar-refractivity contribution in [3.05, 3.63) is 0 Å². The first-order valence-corrected chi connectivity index (χ1v) is 5.73. The lowest BCUT2D eigenvalue weighted by molar-refractivity contribution is 0.203. The van der Waals surface area contributed by atoms with Gasteiger partial charge in [0.15, 0.2) is 0 Å². The van der Waals surface area contributed by atoms with E-state index in [1.54, 1.807) is 0 Å². The minimum absolute atomic E-state index is 0.375. The van der Waals surface area contributed by atoms with Crippen LogP contribution in [-0.4, -0.2) is 6.98 Å². The van der Waals surface area contributed by atoms with Gasteiger partial charge in [-0.2, -0.15) is 0 Å². The van der Waals surface area contributed by atoms with E-state index >= 15 is 0 Å². The van der Waals surface area contributed by atoms with E-state index in [-0.39, 0.29) is 0 Å². The molecule has 0 N–H and O–H groups in total. The SMILES string of the molecule is F[B-](F)(F)CCC1CCCCC12CC2. The molecule has 2 rings (SSSR count). The Morgan fingerprint density at radius 1 is 1.07 bits per heavy atom. The summed E-state index contributed by atoms with van der Waals surface area (Å²) in [4.78, 5) is 0. The summed E-state index contributed by atoms with van der Waals surface area (Å²) < 4.78 is 36.4. The molecule has 0 radical (unpaired) electrons. The molecule has 1 atom stereocenters. The molecule has 0 aromatic carbocycles. The standard InChI is InChI=1S/C10H17BF3/c12-11(13,14)8-4-9-3-1-2-5-10(9)6-7-10/h9H,1-8H2/q-1. The molecule has 82 valence electrons. The smallest absolute Gasteiger partial charge is 0.449 e. The fraction of sp³-hybridized carbons (Fsp3) is 1.00. The van der Waals surface area contributed by atoms with Crippen LogP contribution >= 0.6 is 0 Å². The van der Waals surface area contributed by atoms with Crippen LogP contribution < -0.4 is 0 Å². The first-order chi connectivity index (χ1) is 6.52. The molecule has 0 aromatic rings. The topological polar surface area (TPSA) is 0 Å². The molecule has 0 bridgehead atoms. The lowest BCUT2D eigenvalue weighted by Crippen LogP contribution is -2.24. The maximum absolute atomic E-state index is 12.1. The largest absolute Gasteiger partial charge is 0.478 e. The Hall–Kier alpha value is -0.145. The monoisotopic (exact) mass is 205 g/mol. The quantitative estimate of drug-likeness (QED) is 0.605. The van der Waals surface area contributed by atoms with Gasteiger partial charge in [0.05, 0.1) is 0 Å². The molecule has 2 aliphatic carbocycles. The molecule has 4 heteroatoms. The van der Waals surface area contributed by atoms with Crippen LogP contribution in [0.25, 0.3) is 0 Å². The van der Waals surface area contributed by atoms with Gasteiger partial charge in [-0.15, -0.1) is 0 Å². The third-order valence-electron chi connectivity index (χ3n) is 4.08. The Kier molecular flexibility index (Phi) is 2.56. The van der Waals surface area contributed by atoms with Gasteiger partial charge >= 0.3 is 6.98 Å². The lowest BCUT2D eigenvalue weighted by Gasteiger charge is -2.33. The maximum Gasteiger partial charge on any atom is 0.478 e. The molecule has 0 heterocycles. The van der Waals surface area contributed by atoms with Crippen LogP contribution in [-0.2, 0) is 0 Å². The van der Waals surface area contributed by atoms with Crippen molar-refractivity contribution in [3.63, 3.8) is 0 Å². The van der Waals surface area contributed by atoms with E-state index in [0.717, 1.165) is 12.8 Å². The summed E-state index contributed by atoms with van der Waals surface area (Å²) in [5.41, 5.74) is 0.375. The van der Waals surface area contributed by atoms with Gasteiger partial charge in [0.2, 0.25) is 0 Å². The van der Waals surface area contributed by atoms with Gasteiger partial charge < -0.3 is 12.9 Å². The zero-order valence-electron chi connectivity index (χ0n) is 8.45. The zero-order valence-corrected chi connectivity index (χ0v) is 8.45. The van der Waals surface area contributed by atoms with Crippen molar-refractivity contribution < 1.29 is 12.9 Å². The Balaban J connectivity index is 1.84. The molecule has 0 saturated heterocycles. The molecular weight excluding hydrogens is 188 g/mol. The van der Waals surface area contributed by atoms with Crippen molar-refractivity contribution in [1.82, 2.24) is 0 Å². The molecule has 0 amide bonds. The van der Waals surface area contributed by atoms with Crippen LogP contribution in [0.5, 0.6) is 0 Å². The van der Waals surface area contributed by atoms with Gasteiger partial charge in [0.25, 0.3) is 0 Å². The third-order valence-corrected chi connectivity index (χ3v) is 4.08. The van der Waals surface area contributed by atoms with Crippen LogP contribution in [0.1, 0.15) is 44.9 Å². The average Bonchev–Trinajstić information content (AvgIpc) is 2.83. The summed E-state index contributed by atoms with van der Waals surface area (Å²) in [5, 5.41) is 0. The molecule has 2 saturated carbocycles. The molecule has 14 heavy (non-hydrogen) atoms. The van der Waals surface area contributed by atoms with E-state index in [2.05, 4.69) is 0 Å². The molecule has 0 aromatic heterocycles. The van der Waals surface area contributed by atoms with Crippen molar-refractivity contribution in [2.24, 2.45) is 11.3 Å². The van der Waals surface area contributed by atoms with Crippen molar-refractivity contribution in [1.29, 1.82) is 0 Å². The summed E-state index contributed by atoms with van der Waals surface area (Å²) in [6.45, 7) is -4.55. The Morgan fingerprint density at radius 2 is 1.79 bits per heavy atom. The Bertz CT molecular complexity index is 208. The van der Waals surface area contributed by atoms with Gasteiger partial charge in [-0.25, -0.2) is 0 Å². The van der Waals surface area contributed by atoms with Crippen molar-refractivity contribution >= 4 is 6.98 Å². The predicted molar refractivity (Wildman–Crippen MR) is 52.1 cm³/mol. The van der Waals surface area contributed by atoms with E-state index < -0.39 is 13.3 Å². The number of rotatable bonds is 3. The van der Waals surface area contributed by atoms with Crippen LogP contribution in [0.15, 0.2) is 0 Å². The first-order valence-electron chi connectivity index (χ1n) is 5.73. The Labute approximate surface area is 83.3 Å². The second kappa shape index (κ2) is 3.46. The third kappa shape index (κ3) is 2.26. The Morgan fingerprint density at radius 3 is 2.36 bits per heavy atom. The summed E-state index contributed by atoms with van der Waals surface area (Å²) in [7, 11) is 0. The fourth-order valence-electron chi connectivity index (χ4n) is 3.04. The van der Waals surface area contributed by atoms with Gasteiger partial charge in [0.1, 0.15) is 0 Å². The normalized spacial score (nSPS) is 30.6. The molecular formula is C10H17BF3-. The van der Waals surface area contributed by atoms with E-state index in [1.807, 2.05) is 0 Å². The minimum Gasteiger partial charge on any atom is -0.449 e.